The van der Waals surface area contributed by atoms with Gasteiger partial charge in [0, 0.05) is 37.8 Å². The van der Waals surface area contributed by atoms with Gasteiger partial charge in [0.15, 0.2) is 0 Å². The molecular formula is C23H25N3O3S. The number of hydrogen-bond donors (Lipinski definition) is 0. The van der Waals surface area contributed by atoms with E-state index in [1.54, 1.807) is 29.3 Å². The fourth-order valence-corrected chi connectivity index (χ4v) is 5.17. The number of amides is 1. The van der Waals surface area contributed by atoms with Gasteiger partial charge in [-0.15, -0.1) is 0 Å². The highest BCUT2D eigenvalue weighted by molar-refractivity contribution is 7.89. The molecule has 6 nitrogen and oxygen atoms in total. The third kappa shape index (κ3) is 3.82. The summed E-state index contributed by atoms with van der Waals surface area (Å²) < 4.78 is 27.5. The van der Waals surface area contributed by atoms with Crippen LogP contribution in [0.5, 0.6) is 0 Å². The molecule has 30 heavy (non-hydrogen) atoms. The van der Waals surface area contributed by atoms with Gasteiger partial charge in [-0.25, -0.2) is 8.42 Å². The van der Waals surface area contributed by atoms with E-state index in [1.807, 2.05) is 36.4 Å². The molecule has 1 saturated heterocycles. The molecule has 156 valence electrons. The van der Waals surface area contributed by atoms with E-state index in [9.17, 15) is 13.2 Å². The van der Waals surface area contributed by atoms with Crippen LogP contribution in [0.3, 0.4) is 0 Å². The number of hydrogen-bond acceptors (Lipinski definition) is 4. The number of rotatable bonds is 4. The Bertz CT molecular complexity index is 1160. The van der Waals surface area contributed by atoms with Crippen LogP contribution in [0.2, 0.25) is 0 Å². The van der Waals surface area contributed by atoms with E-state index in [1.165, 1.54) is 4.31 Å². The van der Waals surface area contributed by atoms with Crippen molar-refractivity contribution in [2.45, 2.75) is 24.7 Å². The molecule has 0 bridgehead atoms. The van der Waals surface area contributed by atoms with Crippen molar-refractivity contribution in [3.05, 3.63) is 71.9 Å². The summed E-state index contributed by atoms with van der Waals surface area (Å²) in [4.78, 5) is 19.4. The molecule has 0 unspecified atom stereocenters. The molecule has 1 fully saturated rings. The number of benzene rings is 2. The fourth-order valence-electron chi connectivity index (χ4n) is 3.75. The fraction of sp³-hybridized carbons (Fsp3) is 0.304. The summed E-state index contributed by atoms with van der Waals surface area (Å²) >= 11 is 0. The number of para-hydroxylation sites is 1. The molecule has 0 aliphatic carbocycles. The number of pyridine rings is 1. The number of nitrogens with zero attached hydrogens (tertiary/aromatic N) is 3. The van der Waals surface area contributed by atoms with Crippen LogP contribution in [0, 0.1) is 0 Å². The summed E-state index contributed by atoms with van der Waals surface area (Å²) in [7, 11) is -3.57. The molecular weight excluding hydrogens is 398 g/mol. The molecule has 7 heteroatoms. The number of sulfonamides is 1. The second-order valence-corrected chi connectivity index (χ2v) is 9.74. The minimum absolute atomic E-state index is 0.113. The molecule has 1 aliphatic heterocycles. The average molecular weight is 424 g/mol. The van der Waals surface area contributed by atoms with Crippen LogP contribution >= 0.6 is 0 Å². The van der Waals surface area contributed by atoms with Gasteiger partial charge in [-0.2, -0.15) is 4.31 Å². The van der Waals surface area contributed by atoms with Gasteiger partial charge in [-0.3, -0.25) is 9.78 Å². The van der Waals surface area contributed by atoms with Gasteiger partial charge in [-0.05, 0) is 35.7 Å². The van der Waals surface area contributed by atoms with E-state index in [0.717, 1.165) is 10.9 Å². The summed E-state index contributed by atoms with van der Waals surface area (Å²) in [5.41, 5.74) is 2.33. The van der Waals surface area contributed by atoms with Gasteiger partial charge in [-0.1, -0.05) is 44.2 Å². The zero-order valence-corrected chi connectivity index (χ0v) is 18.0. The Morgan fingerprint density at radius 3 is 2.27 bits per heavy atom. The Hall–Kier alpha value is -2.77. The quantitative estimate of drug-likeness (QED) is 0.644. The van der Waals surface area contributed by atoms with Gasteiger partial charge in [0.2, 0.25) is 10.0 Å². The van der Waals surface area contributed by atoms with E-state index in [0.29, 0.717) is 35.0 Å². The second-order valence-electron chi connectivity index (χ2n) is 7.80. The van der Waals surface area contributed by atoms with Crippen LogP contribution in [-0.2, 0) is 10.0 Å². The van der Waals surface area contributed by atoms with Crippen LogP contribution < -0.4 is 0 Å². The van der Waals surface area contributed by atoms with Gasteiger partial charge < -0.3 is 4.90 Å². The largest absolute Gasteiger partial charge is 0.336 e. The molecule has 1 aliphatic rings. The summed E-state index contributed by atoms with van der Waals surface area (Å²) in [5.74, 6) is 0.234. The maximum atomic E-state index is 13.1. The van der Waals surface area contributed by atoms with Crippen molar-refractivity contribution < 1.29 is 13.2 Å². The Kier molecular flexibility index (Phi) is 5.58. The molecule has 0 radical (unpaired) electrons. The van der Waals surface area contributed by atoms with E-state index in [2.05, 4.69) is 18.8 Å². The van der Waals surface area contributed by atoms with Crippen LogP contribution in [0.25, 0.3) is 10.9 Å². The predicted octanol–water partition coefficient (Wildman–Crippen LogP) is 3.50. The van der Waals surface area contributed by atoms with E-state index in [4.69, 9.17) is 0 Å². The first-order valence-electron chi connectivity index (χ1n) is 10.1. The number of fused-ring (bicyclic) bond motifs is 1. The lowest BCUT2D eigenvalue weighted by atomic mass is 10.0. The maximum absolute atomic E-state index is 13.1. The molecule has 3 aromatic rings. The highest BCUT2D eigenvalue weighted by atomic mass is 32.2. The Balaban J connectivity index is 1.48. The smallest absolute Gasteiger partial charge is 0.256 e. The number of piperazine rings is 1. The lowest BCUT2D eigenvalue weighted by molar-refractivity contribution is 0.0699. The number of carbonyl (C=O) groups excluding carboxylic acids is 1. The first-order valence-corrected chi connectivity index (χ1v) is 11.5. The topological polar surface area (TPSA) is 70.6 Å². The highest BCUT2D eigenvalue weighted by Gasteiger charge is 2.31. The van der Waals surface area contributed by atoms with Crippen LogP contribution in [-0.4, -0.2) is 54.7 Å². The van der Waals surface area contributed by atoms with Crippen LogP contribution in [0.1, 0.15) is 35.7 Å². The van der Waals surface area contributed by atoms with Crippen molar-refractivity contribution in [3.63, 3.8) is 0 Å². The molecule has 4 rings (SSSR count). The Morgan fingerprint density at radius 1 is 0.933 bits per heavy atom. The highest BCUT2D eigenvalue weighted by Crippen LogP contribution is 2.23. The summed E-state index contributed by atoms with van der Waals surface area (Å²) in [6.45, 7) is 5.41. The Labute approximate surface area is 177 Å². The van der Waals surface area contributed by atoms with E-state index < -0.39 is 10.0 Å². The first-order chi connectivity index (χ1) is 14.4. The molecule has 2 aromatic carbocycles. The molecule has 1 amide bonds. The average Bonchev–Trinajstić information content (AvgIpc) is 2.78. The van der Waals surface area contributed by atoms with Crippen molar-refractivity contribution in [1.82, 2.24) is 14.2 Å². The number of aromatic nitrogens is 1. The molecule has 1 aromatic heterocycles. The van der Waals surface area contributed by atoms with Crippen molar-refractivity contribution >= 4 is 26.8 Å². The zero-order chi connectivity index (χ0) is 21.3. The molecule has 2 heterocycles. The third-order valence-corrected chi connectivity index (χ3v) is 7.49. The standard InChI is InChI=1S/C23H25N3O3S/c1-17(2)18-8-10-20(11-9-18)30(28,29)26-15-13-25(14-16-26)23(27)21-7-3-5-19-6-4-12-24-22(19)21/h3-12,17H,13-16H2,1-2H3. The van der Waals surface area contributed by atoms with Crippen LogP contribution in [0.4, 0.5) is 0 Å². The molecule has 0 spiro atoms. The van der Waals surface area contributed by atoms with Crippen molar-refractivity contribution in [2.75, 3.05) is 26.2 Å². The zero-order valence-electron chi connectivity index (χ0n) is 17.2. The maximum Gasteiger partial charge on any atom is 0.256 e. The lowest BCUT2D eigenvalue weighted by Crippen LogP contribution is -2.50. The second kappa shape index (κ2) is 8.16. The molecule has 0 atom stereocenters. The lowest BCUT2D eigenvalue weighted by Gasteiger charge is -2.34. The summed E-state index contributed by atoms with van der Waals surface area (Å²) in [6, 6.07) is 16.4. The van der Waals surface area contributed by atoms with E-state index >= 15 is 0 Å². The number of carbonyl (C=O) groups is 1. The van der Waals surface area contributed by atoms with Gasteiger partial charge in [0.25, 0.3) is 5.91 Å². The summed E-state index contributed by atoms with van der Waals surface area (Å²) in [5, 5.41) is 0.911. The van der Waals surface area contributed by atoms with Crippen LogP contribution in [0.15, 0.2) is 65.7 Å². The van der Waals surface area contributed by atoms with Gasteiger partial charge >= 0.3 is 0 Å². The van der Waals surface area contributed by atoms with Gasteiger partial charge in [0.05, 0.1) is 16.0 Å². The predicted molar refractivity (Wildman–Crippen MR) is 117 cm³/mol. The molecule has 0 saturated carbocycles. The first kappa shape index (κ1) is 20.5. The van der Waals surface area contributed by atoms with Crippen molar-refractivity contribution in [1.29, 1.82) is 0 Å². The normalized spacial score (nSPS) is 15.6. The minimum Gasteiger partial charge on any atom is -0.336 e. The third-order valence-electron chi connectivity index (χ3n) is 5.57. The minimum atomic E-state index is -3.57. The van der Waals surface area contributed by atoms with Crippen molar-refractivity contribution in [2.24, 2.45) is 0 Å². The monoisotopic (exact) mass is 423 g/mol. The van der Waals surface area contributed by atoms with Crippen molar-refractivity contribution in [3.8, 4) is 0 Å². The summed E-state index contributed by atoms with van der Waals surface area (Å²) in [6.07, 6.45) is 1.67. The van der Waals surface area contributed by atoms with E-state index in [-0.39, 0.29) is 19.0 Å². The van der Waals surface area contributed by atoms with Gasteiger partial charge in [0.1, 0.15) is 0 Å². The SMILES string of the molecule is CC(C)c1ccc(S(=O)(=O)N2CCN(C(=O)c3cccc4cccnc34)CC2)cc1. The Morgan fingerprint density at radius 2 is 1.60 bits per heavy atom. The molecule has 0 N–H and O–H groups in total.